The number of anilines is 2. The highest BCUT2D eigenvalue weighted by Gasteiger charge is 2.30. The van der Waals surface area contributed by atoms with Crippen molar-refractivity contribution < 1.29 is 27.8 Å². The zero-order chi connectivity index (χ0) is 22.7. The van der Waals surface area contributed by atoms with Crippen LogP contribution in [0.2, 0.25) is 0 Å². The number of piperazine rings is 1. The van der Waals surface area contributed by atoms with Crippen molar-refractivity contribution in [3.8, 4) is 5.75 Å². The molecule has 2 heterocycles. The molecule has 32 heavy (non-hydrogen) atoms. The first-order chi connectivity index (χ1) is 15.3. The molecule has 2 aliphatic rings. The van der Waals surface area contributed by atoms with Gasteiger partial charge in [-0.3, -0.25) is 9.69 Å². The highest BCUT2D eigenvalue weighted by atomic mass is 19.4. The highest BCUT2D eigenvalue weighted by Crippen LogP contribution is 2.31. The van der Waals surface area contributed by atoms with Crippen molar-refractivity contribution in [2.75, 3.05) is 49.5 Å². The quantitative estimate of drug-likeness (QED) is 0.710. The van der Waals surface area contributed by atoms with Gasteiger partial charge in [0.05, 0.1) is 5.56 Å². The first-order valence-electron chi connectivity index (χ1n) is 10.7. The molecule has 172 valence electrons. The molecule has 0 spiro atoms. The Bertz CT molecular complexity index is 942. The molecule has 0 aliphatic carbocycles. The number of carbonyl (C=O) groups excluding carboxylic acids is 1. The lowest BCUT2D eigenvalue weighted by Gasteiger charge is -2.37. The van der Waals surface area contributed by atoms with Gasteiger partial charge in [0.1, 0.15) is 18.5 Å². The van der Waals surface area contributed by atoms with Crippen molar-refractivity contribution in [3.63, 3.8) is 0 Å². The summed E-state index contributed by atoms with van der Waals surface area (Å²) >= 11 is 0. The van der Waals surface area contributed by atoms with E-state index in [1.165, 1.54) is 12.1 Å². The van der Waals surface area contributed by atoms with Crippen molar-refractivity contribution >= 4 is 17.3 Å². The number of nitrogens with zero attached hydrogens (tertiary/aromatic N) is 2. The van der Waals surface area contributed by atoms with Gasteiger partial charge in [-0.25, -0.2) is 0 Å². The van der Waals surface area contributed by atoms with Gasteiger partial charge in [-0.2, -0.15) is 13.2 Å². The molecule has 0 saturated carbocycles. The lowest BCUT2D eigenvalue weighted by atomic mass is 10.0. The molecular weight excluding hydrogens is 423 g/mol. The molecular formula is C23H26F3N3O3. The molecule has 2 aromatic rings. The van der Waals surface area contributed by atoms with Crippen LogP contribution in [0.3, 0.4) is 0 Å². The van der Waals surface area contributed by atoms with E-state index in [1.54, 1.807) is 6.07 Å². The van der Waals surface area contributed by atoms with Gasteiger partial charge in [0, 0.05) is 50.5 Å². The van der Waals surface area contributed by atoms with Crippen LogP contribution in [0.4, 0.5) is 24.5 Å². The highest BCUT2D eigenvalue weighted by molar-refractivity contribution is 5.94. The Kier molecular flexibility index (Phi) is 6.57. The van der Waals surface area contributed by atoms with Gasteiger partial charge < -0.3 is 20.1 Å². The van der Waals surface area contributed by atoms with E-state index in [0.29, 0.717) is 51.3 Å². The van der Waals surface area contributed by atoms with Crippen LogP contribution in [0, 0.1) is 0 Å². The van der Waals surface area contributed by atoms with E-state index in [0.717, 1.165) is 29.1 Å². The predicted molar refractivity (Wildman–Crippen MR) is 115 cm³/mol. The van der Waals surface area contributed by atoms with E-state index in [1.807, 2.05) is 17.0 Å². The molecule has 0 unspecified atom stereocenters. The monoisotopic (exact) mass is 449 g/mol. The molecule has 0 bridgehead atoms. The van der Waals surface area contributed by atoms with Crippen molar-refractivity contribution in [1.82, 2.24) is 4.90 Å². The normalized spacial score (nSPS) is 18.1. The summed E-state index contributed by atoms with van der Waals surface area (Å²) in [5.41, 5.74) is 1.95. The Balaban J connectivity index is 1.22. The summed E-state index contributed by atoms with van der Waals surface area (Å²) in [6.45, 7) is 3.38. The molecule has 2 aliphatic heterocycles. The minimum absolute atomic E-state index is 0.0139. The smallest absolute Gasteiger partial charge is 0.416 e. The largest absolute Gasteiger partial charge is 0.491 e. The van der Waals surface area contributed by atoms with Crippen LogP contribution in [0.1, 0.15) is 17.5 Å². The van der Waals surface area contributed by atoms with E-state index >= 15 is 0 Å². The maximum absolute atomic E-state index is 12.7. The summed E-state index contributed by atoms with van der Waals surface area (Å²) in [6, 6.07) is 10.7. The van der Waals surface area contributed by atoms with Crippen LogP contribution >= 0.6 is 0 Å². The summed E-state index contributed by atoms with van der Waals surface area (Å²) in [6.07, 6.45) is -3.87. The zero-order valence-electron chi connectivity index (χ0n) is 17.6. The third-order valence-corrected chi connectivity index (χ3v) is 5.82. The van der Waals surface area contributed by atoms with Crippen LogP contribution in [0.15, 0.2) is 42.5 Å². The second-order valence-corrected chi connectivity index (χ2v) is 8.16. The van der Waals surface area contributed by atoms with Crippen LogP contribution in [0.25, 0.3) is 0 Å². The fraction of sp³-hybridized carbons (Fsp3) is 0.435. The van der Waals surface area contributed by atoms with Gasteiger partial charge in [0.15, 0.2) is 0 Å². The number of alkyl halides is 3. The molecule has 1 amide bonds. The Morgan fingerprint density at radius 1 is 1.03 bits per heavy atom. The maximum atomic E-state index is 12.7. The van der Waals surface area contributed by atoms with Gasteiger partial charge >= 0.3 is 6.18 Å². The van der Waals surface area contributed by atoms with Crippen molar-refractivity contribution in [1.29, 1.82) is 0 Å². The number of carbonyl (C=O) groups is 1. The lowest BCUT2D eigenvalue weighted by molar-refractivity contribution is -0.137. The van der Waals surface area contributed by atoms with E-state index < -0.39 is 17.8 Å². The molecule has 1 fully saturated rings. The number of amides is 1. The molecule has 9 heteroatoms. The first kappa shape index (κ1) is 22.4. The van der Waals surface area contributed by atoms with Crippen LogP contribution in [0.5, 0.6) is 5.75 Å². The number of nitrogens with one attached hydrogen (secondary N) is 1. The van der Waals surface area contributed by atoms with Gasteiger partial charge in [-0.05, 0) is 54.4 Å². The number of fused-ring (bicyclic) bond motifs is 1. The van der Waals surface area contributed by atoms with Crippen LogP contribution < -0.4 is 15.0 Å². The fourth-order valence-corrected chi connectivity index (χ4v) is 4.04. The molecule has 0 aromatic heterocycles. The van der Waals surface area contributed by atoms with Gasteiger partial charge in [-0.1, -0.05) is 0 Å². The molecule has 1 saturated heterocycles. The zero-order valence-corrected chi connectivity index (χ0v) is 17.6. The SMILES string of the molecule is O=C1CCc2cc(OC[C@@H](O)CN3CCN(c4ccc(C(F)(F)F)cc4)CC3)ccc2N1. The number of ether oxygens (including phenoxy) is 1. The summed E-state index contributed by atoms with van der Waals surface area (Å²) in [7, 11) is 0. The Morgan fingerprint density at radius 3 is 2.44 bits per heavy atom. The van der Waals surface area contributed by atoms with Crippen molar-refractivity contribution in [2.45, 2.75) is 25.1 Å². The summed E-state index contributed by atoms with van der Waals surface area (Å²) in [5, 5.41) is 13.2. The standard InChI is InChI=1S/C23H26F3N3O3/c24-23(25,26)17-2-4-18(5-3-17)29-11-9-28(10-12-29)14-19(30)15-32-20-6-7-21-16(13-20)1-8-22(31)27-21/h2-7,13,19,30H,1,8-12,14-15H2,(H,27,31)/t19-/m0/s1. The van der Waals surface area contributed by atoms with E-state index in [2.05, 4.69) is 10.2 Å². The number of aryl methyl sites for hydroxylation is 1. The second-order valence-electron chi connectivity index (χ2n) is 8.16. The van der Waals surface area contributed by atoms with Crippen LogP contribution in [-0.2, 0) is 17.4 Å². The van der Waals surface area contributed by atoms with E-state index in [4.69, 9.17) is 4.74 Å². The minimum Gasteiger partial charge on any atom is -0.491 e. The van der Waals surface area contributed by atoms with E-state index in [9.17, 15) is 23.1 Å². The number of β-amino-alcohol motifs (C(OH)–C–C–N with tert-alkyl or cyclic N) is 1. The summed E-state index contributed by atoms with van der Waals surface area (Å²) in [4.78, 5) is 15.6. The summed E-state index contributed by atoms with van der Waals surface area (Å²) in [5.74, 6) is 0.672. The number of aliphatic hydroxyl groups is 1. The third-order valence-electron chi connectivity index (χ3n) is 5.82. The maximum Gasteiger partial charge on any atom is 0.416 e. The average Bonchev–Trinajstić information content (AvgIpc) is 2.78. The van der Waals surface area contributed by atoms with Crippen molar-refractivity contribution in [2.24, 2.45) is 0 Å². The van der Waals surface area contributed by atoms with Gasteiger partial charge in [-0.15, -0.1) is 0 Å². The minimum atomic E-state index is -4.33. The number of rotatable bonds is 6. The molecule has 2 N–H and O–H groups in total. The molecule has 1 atom stereocenters. The fourth-order valence-electron chi connectivity index (χ4n) is 4.04. The molecule has 4 rings (SSSR count). The number of hydrogen-bond donors (Lipinski definition) is 2. The summed E-state index contributed by atoms with van der Waals surface area (Å²) < 4.78 is 43.9. The Labute approximate surface area is 184 Å². The predicted octanol–water partition coefficient (Wildman–Crippen LogP) is 3.15. The van der Waals surface area contributed by atoms with Gasteiger partial charge in [0.25, 0.3) is 0 Å². The lowest BCUT2D eigenvalue weighted by Crippen LogP contribution is -2.49. The number of halogens is 3. The Morgan fingerprint density at radius 2 is 1.75 bits per heavy atom. The average molecular weight is 449 g/mol. The Hall–Kier alpha value is -2.78. The first-order valence-corrected chi connectivity index (χ1v) is 10.7. The number of aliphatic hydroxyl groups excluding tert-OH is 1. The second kappa shape index (κ2) is 9.38. The third kappa shape index (κ3) is 5.52. The number of benzene rings is 2. The molecule has 2 aromatic carbocycles. The molecule has 0 radical (unpaired) electrons. The van der Waals surface area contributed by atoms with Crippen LogP contribution in [-0.4, -0.2) is 61.3 Å². The molecule has 6 nitrogen and oxygen atoms in total. The number of hydrogen-bond acceptors (Lipinski definition) is 5. The van der Waals surface area contributed by atoms with Crippen molar-refractivity contribution in [3.05, 3.63) is 53.6 Å². The van der Waals surface area contributed by atoms with E-state index in [-0.39, 0.29) is 12.5 Å². The van der Waals surface area contributed by atoms with Gasteiger partial charge in [0.2, 0.25) is 5.91 Å². The topological polar surface area (TPSA) is 65.0 Å².